The van der Waals surface area contributed by atoms with Gasteiger partial charge >= 0.3 is 5.97 Å². The average molecular weight is 377 g/mol. The number of nitro groups is 1. The number of nitrogens with zero attached hydrogens (tertiary/aromatic N) is 2. The highest BCUT2D eigenvalue weighted by atomic mass is 16.6. The first kappa shape index (κ1) is 20.3. The Bertz CT molecular complexity index is 757. The van der Waals surface area contributed by atoms with Gasteiger partial charge in [-0.1, -0.05) is 25.3 Å². The number of likely N-dealkylation sites (N-methyl/N-ethyl adjacent to an activating group) is 1. The Hall–Kier alpha value is -2.97. The maximum atomic E-state index is 12.7. The van der Waals surface area contributed by atoms with Crippen molar-refractivity contribution in [1.29, 1.82) is 0 Å². The van der Waals surface area contributed by atoms with E-state index in [0.29, 0.717) is 12.8 Å². The molecule has 1 fully saturated rings. The zero-order valence-corrected chi connectivity index (χ0v) is 15.3. The van der Waals surface area contributed by atoms with E-state index in [2.05, 4.69) is 5.32 Å². The minimum atomic E-state index is -1.26. The first-order valence-electron chi connectivity index (χ1n) is 8.75. The molecular formula is C18H23N3O6. The van der Waals surface area contributed by atoms with Crippen LogP contribution < -0.4 is 5.32 Å². The predicted molar refractivity (Wildman–Crippen MR) is 96.2 cm³/mol. The summed E-state index contributed by atoms with van der Waals surface area (Å²) in [5.74, 6) is -2.20. The maximum Gasteiger partial charge on any atom is 0.329 e. The molecule has 0 radical (unpaired) electrons. The molecule has 1 unspecified atom stereocenters. The quantitative estimate of drug-likeness (QED) is 0.576. The molecule has 146 valence electrons. The number of benzene rings is 1. The second kappa shape index (κ2) is 8.15. The van der Waals surface area contributed by atoms with Crippen LogP contribution in [0.15, 0.2) is 24.3 Å². The van der Waals surface area contributed by atoms with Gasteiger partial charge in [-0.15, -0.1) is 0 Å². The van der Waals surface area contributed by atoms with Gasteiger partial charge in [0.05, 0.1) is 4.92 Å². The molecule has 0 heterocycles. The van der Waals surface area contributed by atoms with E-state index in [1.807, 2.05) is 0 Å². The van der Waals surface area contributed by atoms with Crippen LogP contribution in [0.5, 0.6) is 0 Å². The van der Waals surface area contributed by atoms with Crippen molar-refractivity contribution in [3.8, 4) is 0 Å². The molecule has 2 rings (SSSR count). The lowest BCUT2D eigenvalue weighted by Crippen LogP contribution is -2.60. The second-order valence-corrected chi connectivity index (χ2v) is 6.80. The summed E-state index contributed by atoms with van der Waals surface area (Å²) in [6.07, 6.45) is 3.11. The molecular weight excluding hydrogens is 354 g/mol. The Kier molecular flexibility index (Phi) is 6.14. The summed E-state index contributed by atoms with van der Waals surface area (Å²) >= 11 is 0. The molecule has 1 saturated carbocycles. The number of aliphatic carboxylic acids is 1. The fourth-order valence-corrected chi connectivity index (χ4v) is 3.43. The van der Waals surface area contributed by atoms with Crippen molar-refractivity contribution < 1.29 is 24.4 Å². The molecule has 0 aromatic heterocycles. The first-order valence-corrected chi connectivity index (χ1v) is 8.75. The average Bonchev–Trinajstić information content (AvgIpc) is 2.67. The molecule has 9 nitrogen and oxygen atoms in total. The lowest BCUT2D eigenvalue weighted by Gasteiger charge is -2.42. The first-order chi connectivity index (χ1) is 12.7. The van der Waals surface area contributed by atoms with E-state index in [1.54, 1.807) is 0 Å². The monoisotopic (exact) mass is 377 g/mol. The molecule has 1 aliphatic rings. The molecule has 0 saturated heterocycles. The van der Waals surface area contributed by atoms with Gasteiger partial charge in [0.15, 0.2) is 0 Å². The number of carboxylic acids is 1. The summed E-state index contributed by atoms with van der Waals surface area (Å²) in [7, 11) is 1.44. The Morgan fingerprint density at radius 3 is 2.44 bits per heavy atom. The minimum Gasteiger partial charge on any atom is -0.479 e. The van der Waals surface area contributed by atoms with E-state index in [1.165, 1.54) is 37.1 Å². The van der Waals surface area contributed by atoms with Crippen LogP contribution in [-0.4, -0.2) is 51.3 Å². The molecule has 0 spiro atoms. The lowest BCUT2D eigenvalue weighted by atomic mass is 9.80. The third kappa shape index (κ3) is 4.24. The summed E-state index contributed by atoms with van der Waals surface area (Å²) in [6, 6.07) is 4.20. The smallest absolute Gasteiger partial charge is 0.329 e. The molecule has 9 heteroatoms. The van der Waals surface area contributed by atoms with Gasteiger partial charge in [-0.05, 0) is 25.8 Å². The topological polar surface area (TPSA) is 130 Å². The highest BCUT2D eigenvalue weighted by Crippen LogP contribution is 2.33. The SMILES string of the molecule is CC(NC(=O)c1cccc([N+](=O)[O-])c1)C(=O)N(C)C1(C(=O)O)CCCCC1. The van der Waals surface area contributed by atoms with Gasteiger partial charge in [0.2, 0.25) is 5.91 Å². The van der Waals surface area contributed by atoms with Gasteiger partial charge in [-0.25, -0.2) is 4.79 Å². The van der Waals surface area contributed by atoms with Crippen LogP contribution in [0.2, 0.25) is 0 Å². The normalized spacial score (nSPS) is 16.8. The van der Waals surface area contributed by atoms with Crippen molar-refractivity contribution in [2.24, 2.45) is 0 Å². The van der Waals surface area contributed by atoms with Crippen molar-refractivity contribution >= 4 is 23.5 Å². The zero-order chi connectivity index (χ0) is 20.2. The number of nitrogens with one attached hydrogen (secondary N) is 1. The number of non-ortho nitro benzene ring substituents is 1. The number of amides is 2. The summed E-state index contributed by atoms with van der Waals surface area (Å²) in [5, 5.41) is 23.0. The van der Waals surface area contributed by atoms with Crippen LogP contribution >= 0.6 is 0 Å². The van der Waals surface area contributed by atoms with Crippen molar-refractivity contribution in [1.82, 2.24) is 10.2 Å². The van der Waals surface area contributed by atoms with E-state index in [4.69, 9.17) is 0 Å². The molecule has 1 atom stereocenters. The fourth-order valence-electron chi connectivity index (χ4n) is 3.43. The predicted octanol–water partition coefficient (Wildman–Crippen LogP) is 1.96. The van der Waals surface area contributed by atoms with Gasteiger partial charge in [0.1, 0.15) is 11.6 Å². The standard InChI is InChI=1S/C18H23N3O6/c1-12(19-15(22)13-7-6-8-14(11-13)21(26)27)16(23)20(2)18(17(24)25)9-4-3-5-10-18/h6-8,11-12H,3-5,9-10H2,1-2H3,(H,19,22)(H,24,25). The molecule has 1 aromatic rings. The van der Waals surface area contributed by atoms with E-state index < -0.39 is 34.3 Å². The number of hydrogen-bond donors (Lipinski definition) is 2. The van der Waals surface area contributed by atoms with Crippen molar-refractivity contribution in [2.75, 3.05) is 7.05 Å². The van der Waals surface area contributed by atoms with Crippen LogP contribution in [0.1, 0.15) is 49.4 Å². The van der Waals surface area contributed by atoms with Gasteiger partial charge in [-0.2, -0.15) is 0 Å². The molecule has 1 aliphatic carbocycles. The Labute approximate surface area is 156 Å². The van der Waals surface area contributed by atoms with Crippen molar-refractivity contribution in [3.63, 3.8) is 0 Å². The summed E-state index contributed by atoms with van der Waals surface area (Å²) < 4.78 is 0. The number of carbonyl (C=O) groups is 3. The van der Waals surface area contributed by atoms with Crippen molar-refractivity contribution in [3.05, 3.63) is 39.9 Å². The third-order valence-electron chi connectivity index (χ3n) is 5.09. The summed E-state index contributed by atoms with van der Waals surface area (Å²) in [5.41, 5.74) is -1.44. The number of carbonyl (C=O) groups excluding carboxylic acids is 2. The van der Waals surface area contributed by atoms with Crippen molar-refractivity contribution in [2.45, 2.75) is 50.6 Å². The Morgan fingerprint density at radius 2 is 1.89 bits per heavy atom. The molecule has 0 bridgehead atoms. The van der Waals surface area contributed by atoms with Gasteiger partial charge in [0, 0.05) is 24.7 Å². The van der Waals surface area contributed by atoms with Crippen LogP contribution in [0, 0.1) is 10.1 Å². The van der Waals surface area contributed by atoms with E-state index in [9.17, 15) is 29.6 Å². The largest absolute Gasteiger partial charge is 0.479 e. The Morgan fingerprint density at radius 1 is 1.26 bits per heavy atom. The third-order valence-corrected chi connectivity index (χ3v) is 5.09. The fraction of sp³-hybridized carbons (Fsp3) is 0.500. The number of carboxylic acid groups (broad SMARTS) is 1. The highest BCUT2D eigenvalue weighted by molar-refractivity contribution is 5.98. The molecule has 27 heavy (non-hydrogen) atoms. The maximum absolute atomic E-state index is 12.7. The van der Waals surface area contributed by atoms with Crippen LogP contribution in [0.25, 0.3) is 0 Å². The minimum absolute atomic E-state index is 0.0529. The Balaban J connectivity index is 2.12. The van der Waals surface area contributed by atoms with Gasteiger partial charge in [-0.3, -0.25) is 19.7 Å². The molecule has 0 aliphatic heterocycles. The molecule has 2 N–H and O–H groups in total. The molecule has 2 amide bonds. The van der Waals surface area contributed by atoms with E-state index in [0.717, 1.165) is 25.3 Å². The highest BCUT2D eigenvalue weighted by Gasteiger charge is 2.46. The lowest BCUT2D eigenvalue weighted by molar-refractivity contribution is -0.384. The van der Waals surface area contributed by atoms with Crippen LogP contribution in [0.4, 0.5) is 5.69 Å². The van der Waals surface area contributed by atoms with E-state index in [-0.39, 0.29) is 11.3 Å². The van der Waals surface area contributed by atoms with Crippen LogP contribution in [-0.2, 0) is 9.59 Å². The van der Waals surface area contributed by atoms with Crippen LogP contribution in [0.3, 0.4) is 0 Å². The van der Waals surface area contributed by atoms with Gasteiger partial charge in [0.25, 0.3) is 11.6 Å². The molecule has 1 aromatic carbocycles. The second-order valence-electron chi connectivity index (χ2n) is 6.80. The summed E-state index contributed by atoms with van der Waals surface area (Å²) in [6.45, 7) is 1.46. The number of rotatable bonds is 6. The van der Waals surface area contributed by atoms with E-state index >= 15 is 0 Å². The summed E-state index contributed by atoms with van der Waals surface area (Å²) in [4.78, 5) is 48.3. The zero-order valence-electron chi connectivity index (χ0n) is 15.3. The number of nitro benzene ring substituents is 1. The number of hydrogen-bond acceptors (Lipinski definition) is 5. The van der Waals surface area contributed by atoms with Gasteiger partial charge < -0.3 is 15.3 Å².